The third-order valence-corrected chi connectivity index (χ3v) is 3.81. The molecule has 0 atom stereocenters. The van der Waals surface area contributed by atoms with Crippen LogP contribution in [-0.4, -0.2) is 17.5 Å². The van der Waals surface area contributed by atoms with Crippen molar-refractivity contribution in [3.8, 4) is 5.75 Å². The first-order valence-electron chi connectivity index (χ1n) is 7.23. The number of hydrogen-bond donors (Lipinski definition) is 2. The van der Waals surface area contributed by atoms with Crippen molar-refractivity contribution < 1.29 is 9.53 Å². The van der Waals surface area contributed by atoms with Crippen LogP contribution in [0, 0.1) is 5.92 Å². The minimum Gasteiger partial charge on any atom is -0.493 e. The monoisotopic (exact) mass is 355 g/mol. The Hall–Kier alpha value is -1.63. The maximum absolute atomic E-state index is 12.1. The number of hydrogen-bond acceptors (Lipinski definition) is 5. The Kier molecular flexibility index (Phi) is 8.02. The lowest BCUT2D eigenvalue weighted by molar-refractivity contribution is 0.0946. The second-order valence-electron chi connectivity index (χ2n) is 5.33. The van der Waals surface area contributed by atoms with Crippen molar-refractivity contribution in [3.05, 3.63) is 45.9 Å². The third kappa shape index (κ3) is 5.82. The number of halogens is 1. The molecule has 0 aliphatic carbocycles. The van der Waals surface area contributed by atoms with Crippen LogP contribution in [0.2, 0.25) is 0 Å². The number of benzene rings is 1. The summed E-state index contributed by atoms with van der Waals surface area (Å²) in [5.74, 6) is 1.05. The van der Waals surface area contributed by atoms with Crippen LogP contribution in [0.15, 0.2) is 29.6 Å². The number of para-hydroxylation sites is 1. The van der Waals surface area contributed by atoms with E-state index in [2.05, 4.69) is 24.1 Å². The molecule has 1 aromatic heterocycles. The topological polar surface area (TPSA) is 77.2 Å². The van der Waals surface area contributed by atoms with Crippen LogP contribution in [-0.2, 0) is 13.1 Å². The number of nitrogens with two attached hydrogens (primary N) is 1. The van der Waals surface area contributed by atoms with Crippen LogP contribution in [0.5, 0.6) is 5.75 Å². The van der Waals surface area contributed by atoms with E-state index >= 15 is 0 Å². The van der Waals surface area contributed by atoms with Crippen molar-refractivity contribution >= 4 is 29.7 Å². The van der Waals surface area contributed by atoms with E-state index < -0.39 is 0 Å². The van der Waals surface area contributed by atoms with Gasteiger partial charge in [-0.3, -0.25) is 4.79 Å². The van der Waals surface area contributed by atoms with E-state index in [1.807, 2.05) is 24.3 Å². The van der Waals surface area contributed by atoms with Gasteiger partial charge in [0.15, 0.2) is 0 Å². The molecule has 0 saturated heterocycles. The molecule has 3 N–H and O–H groups in total. The second-order valence-corrected chi connectivity index (χ2v) is 6.27. The van der Waals surface area contributed by atoms with Crippen molar-refractivity contribution in [1.82, 2.24) is 10.3 Å². The van der Waals surface area contributed by atoms with Gasteiger partial charge in [-0.25, -0.2) is 4.98 Å². The fraction of sp³-hybridized carbons (Fsp3) is 0.375. The first-order chi connectivity index (χ1) is 10.6. The van der Waals surface area contributed by atoms with Crippen LogP contribution in [0.25, 0.3) is 0 Å². The Bertz CT molecular complexity index is 631. The standard InChI is InChI=1S/C16H21N3O2S.ClH/c1-11(2)9-21-14-6-4-3-5-12(14)8-18-16(20)13-10-22-15(7-17)19-13;/h3-6,10-11H,7-9,17H2,1-2H3,(H,18,20);1H. The molecule has 1 aromatic carbocycles. The van der Waals surface area contributed by atoms with Gasteiger partial charge in [-0.15, -0.1) is 23.7 Å². The van der Waals surface area contributed by atoms with E-state index in [-0.39, 0.29) is 18.3 Å². The number of thiazole rings is 1. The zero-order valence-electron chi connectivity index (χ0n) is 13.2. The van der Waals surface area contributed by atoms with Gasteiger partial charge in [0, 0.05) is 24.0 Å². The van der Waals surface area contributed by atoms with Gasteiger partial charge in [-0.2, -0.15) is 0 Å². The molecular weight excluding hydrogens is 334 g/mol. The molecule has 0 spiro atoms. The Balaban J connectivity index is 0.00000264. The number of amides is 1. The van der Waals surface area contributed by atoms with Gasteiger partial charge in [-0.05, 0) is 12.0 Å². The van der Waals surface area contributed by atoms with E-state index in [4.69, 9.17) is 10.5 Å². The van der Waals surface area contributed by atoms with Crippen molar-refractivity contribution in [2.24, 2.45) is 11.7 Å². The maximum atomic E-state index is 12.1. The fourth-order valence-electron chi connectivity index (χ4n) is 1.82. The first-order valence-corrected chi connectivity index (χ1v) is 8.11. The van der Waals surface area contributed by atoms with Crippen molar-refractivity contribution in [2.75, 3.05) is 6.61 Å². The molecule has 1 amide bonds. The smallest absolute Gasteiger partial charge is 0.271 e. The van der Waals surface area contributed by atoms with E-state index in [1.54, 1.807) is 5.38 Å². The van der Waals surface area contributed by atoms with Gasteiger partial charge in [0.25, 0.3) is 5.91 Å². The number of nitrogens with one attached hydrogen (secondary N) is 1. The first kappa shape index (κ1) is 19.4. The van der Waals surface area contributed by atoms with Crippen LogP contribution < -0.4 is 15.8 Å². The van der Waals surface area contributed by atoms with E-state index in [0.29, 0.717) is 31.3 Å². The quantitative estimate of drug-likeness (QED) is 0.800. The highest BCUT2D eigenvalue weighted by Gasteiger charge is 2.11. The summed E-state index contributed by atoms with van der Waals surface area (Å²) < 4.78 is 5.78. The average Bonchev–Trinajstić information content (AvgIpc) is 3.00. The van der Waals surface area contributed by atoms with E-state index in [9.17, 15) is 4.79 Å². The van der Waals surface area contributed by atoms with E-state index in [1.165, 1.54) is 11.3 Å². The predicted octanol–water partition coefficient (Wildman–Crippen LogP) is 2.99. The summed E-state index contributed by atoms with van der Waals surface area (Å²) in [4.78, 5) is 16.2. The largest absolute Gasteiger partial charge is 0.493 e. The summed E-state index contributed by atoms with van der Waals surface area (Å²) in [7, 11) is 0. The molecule has 23 heavy (non-hydrogen) atoms. The number of rotatable bonds is 7. The summed E-state index contributed by atoms with van der Waals surface area (Å²) in [5, 5.41) is 5.34. The van der Waals surface area contributed by atoms with Crippen molar-refractivity contribution in [1.29, 1.82) is 0 Å². The fourth-order valence-corrected chi connectivity index (χ4v) is 2.48. The molecule has 0 unspecified atom stereocenters. The molecule has 5 nitrogen and oxygen atoms in total. The zero-order valence-corrected chi connectivity index (χ0v) is 14.9. The lowest BCUT2D eigenvalue weighted by Crippen LogP contribution is -2.23. The SMILES string of the molecule is CC(C)COc1ccccc1CNC(=O)c1csc(CN)n1.Cl. The summed E-state index contributed by atoms with van der Waals surface area (Å²) in [6, 6.07) is 7.72. The molecule has 0 saturated carbocycles. The summed E-state index contributed by atoms with van der Waals surface area (Å²) in [6.45, 7) is 5.60. The molecule has 7 heteroatoms. The summed E-state index contributed by atoms with van der Waals surface area (Å²) in [5.41, 5.74) is 6.86. The van der Waals surface area contributed by atoms with Crippen molar-refractivity contribution in [2.45, 2.75) is 26.9 Å². The molecule has 0 aliphatic rings. The number of nitrogens with zero attached hydrogens (tertiary/aromatic N) is 1. The molecule has 2 aromatic rings. The van der Waals surface area contributed by atoms with Gasteiger partial charge in [-0.1, -0.05) is 32.0 Å². The molecule has 0 radical (unpaired) electrons. The summed E-state index contributed by atoms with van der Waals surface area (Å²) >= 11 is 1.39. The molecular formula is C16H22ClN3O2S. The van der Waals surface area contributed by atoms with Crippen molar-refractivity contribution in [3.63, 3.8) is 0 Å². The average molecular weight is 356 g/mol. The predicted molar refractivity (Wildman–Crippen MR) is 95.2 cm³/mol. The Morgan fingerprint density at radius 2 is 2.13 bits per heavy atom. The highest BCUT2D eigenvalue weighted by molar-refractivity contribution is 7.09. The van der Waals surface area contributed by atoms with E-state index in [0.717, 1.165) is 16.3 Å². The van der Waals surface area contributed by atoms with Gasteiger partial charge < -0.3 is 15.8 Å². The normalized spacial score (nSPS) is 10.3. The minimum atomic E-state index is -0.199. The molecule has 126 valence electrons. The van der Waals surface area contributed by atoms with Crippen LogP contribution in [0.4, 0.5) is 0 Å². The van der Waals surface area contributed by atoms with Gasteiger partial charge in [0.05, 0.1) is 6.61 Å². The van der Waals surface area contributed by atoms with Gasteiger partial charge >= 0.3 is 0 Å². The van der Waals surface area contributed by atoms with Gasteiger partial charge in [0.1, 0.15) is 16.5 Å². The Morgan fingerprint density at radius 1 is 1.39 bits per heavy atom. The highest BCUT2D eigenvalue weighted by Crippen LogP contribution is 2.19. The molecule has 0 fully saturated rings. The number of carbonyl (C=O) groups is 1. The van der Waals surface area contributed by atoms with Crippen LogP contribution in [0.3, 0.4) is 0 Å². The Morgan fingerprint density at radius 3 is 2.78 bits per heavy atom. The lowest BCUT2D eigenvalue weighted by atomic mass is 10.2. The zero-order chi connectivity index (χ0) is 15.9. The Labute approximate surface area is 146 Å². The maximum Gasteiger partial charge on any atom is 0.271 e. The van der Waals surface area contributed by atoms with Gasteiger partial charge in [0.2, 0.25) is 0 Å². The van der Waals surface area contributed by atoms with Crippen LogP contribution >= 0.6 is 23.7 Å². The minimum absolute atomic E-state index is 0. The molecule has 2 rings (SSSR count). The molecule has 0 aliphatic heterocycles. The summed E-state index contributed by atoms with van der Waals surface area (Å²) in [6.07, 6.45) is 0. The van der Waals surface area contributed by atoms with Crippen LogP contribution in [0.1, 0.15) is 34.9 Å². The number of aromatic nitrogens is 1. The third-order valence-electron chi connectivity index (χ3n) is 2.94. The molecule has 0 bridgehead atoms. The molecule has 1 heterocycles. The number of carbonyl (C=O) groups excluding carboxylic acids is 1. The number of ether oxygens (including phenoxy) is 1. The lowest BCUT2D eigenvalue weighted by Gasteiger charge is -2.13. The second kappa shape index (κ2) is 9.50. The highest BCUT2D eigenvalue weighted by atomic mass is 35.5.